The Morgan fingerprint density at radius 3 is 2.57 bits per heavy atom. The van der Waals surface area contributed by atoms with Gasteiger partial charge in [-0.15, -0.1) is 11.3 Å². The van der Waals surface area contributed by atoms with Crippen molar-refractivity contribution in [1.82, 2.24) is 9.88 Å². The first kappa shape index (κ1) is 20.5. The molecule has 1 saturated heterocycles. The number of aliphatic carboxylic acids is 1. The fraction of sp³-hybridized carbons (Fsp3) is 0.304. The van der Waals surface area contributed by atoms with Gasteiger partial charge in [0.05, 0.1) is 16.9 Å². The fourth-order valence-electron chi connectivity index (χ4n) is 3.42. The molecule has 0 radical (unpaired) electrons. The summed E-state index contributed by atoms with van der Waals surface area (Å²) in [5.41, 5.74) is 2.34. The van der Waals surface area contributed by atoms with E-state index in [0.717, 1.165) is 26.8 Å². The minimum absolute atomic E-state index is 0.128. The molecule has 0 aliphatic carbocycles. The number of benzene rings is 2. The number of aromatic nitrogens is 1. The predicted molar refractivity (Wildman–Crippen MR) is 115 cm³/mol. The highest BCUT2D eigenvalue weighted by Gasteiger charge is 2.32. The smallest absolute Gasteiger partial charge is 0.309 e. The van der Waals surface area contributed by atoms with Crippen LogP contribution in [0.15, 0.2) is 48.7 Å². The van der Waals surface area contributed by atoms with E-state index in [-0.39, 0.29) is 17.8 Å². The van der Waals surface area contributed by atoms with Crippen molar-refractivity contribution < 1.29 is 19.0 Å². The molecule has 2 aromatic carbocycles. The van der Waals surface area contributed by atoms with E-state index in [4.69, 9.17) is 9.84 Å². The topological polar surface area (TPSA) is 62.7 Å². The zero-order chi connectivity index (χ0) is 21.3. The van der Waals surface area contributed by atoms with E-state index in [2.05, 4.69) is 4.98 Å². The monoisotopic (exact) mass is 426 g/mol. The maximum Gasteiger partial charge on any atom is 0.309 e. The highest BCUT2D eigenvalue weighted by Crippen LogP contribution is 2.34. The number of rotatable bonds is 7. The van der Waals surface area contributed by atoms with Crippen LogP contribution in [0, 0.1) is 11.7 Å². The van der Waals surface area contributed by atoms with E-state index in [1.165, 1.54) is 17.4 Å². The normalized spacial score (nSPS) is 14.7. The molecule has 5 nitrogen and oxygen atoms in total. The van der Waals surface area contributed by atoms with Crippen molar-refractivity contribution in [3.63, 3.8) is 0 Å². The summed E-state index contributed by atoms with van der Waals surface area (Å²) in [6.45, 7) is 5.33. The molecule has 1 aromatic heterocycles. The number of nitrogens with zero attached hydrogens (tertiary/aromatic N) is 2. The first-order chi connectivity index (χ1) is 14.4. The van der Waals surface area contributed by atoms with Gasteiger partial charge >= 0.3 is 5.97 Å². The number of carboxylic acids is 1. The minimum Gasteiger partial charge on any atom is -0.491 e. The fourth-order valence-corrected chi connectivity index (χ4v) is 4.33. The second kappa shape index (κ2) is 8.53. The Balaban J connectivity index is 1.44. The number of carboxylic acid groups (broad SMARTS) is 1. The Morgan fingerprint density at radius 2 is 1.93 bits per heavy atom. The van der Waals surface area contributed by atoms with Crippen LogP contribution >= 0.6 is 11.3 Å². The molecule has 0 atom stereocenters. The molecule has 2 heterocycles. The van der Waals surface area contributed by atoms with Crippen LogP contribution < -0.4 is 4.74 Å². The molecule has 3 aromatic rings. The summed E-state index contributed by atoms with van der Waals surface area (Å²) in [5, 5.41) is 9.71. The van der Waals surface area contributed by atoms with Crippen LogP contribution in [0.2, 0.25) is 0 Å². The predicted octanol–water partition coefficient (Wildman–Crippen LogP) is 4.92. The lowest BCUT2D eigenvalue weighted by molar-refractivity contribution is -0.147. The summed E-state index contributed by atoms with van der Waals surface area (Å²) < 4.78 is 20.3. The minimum atomic E-state index is -0.788. The number of halogens is 1. The van der Waals surface area contributed by atoms with Gasteiger partial charge in [-0.3, -0.25) is 9.69 Å². The van der Waals surface area contributed by atoms with Gasteiger partial charge in [-0.05, 0) is 49.7 Å². The molecule has 0 spiro atoms. The molecule has 156 valence electrons. The Labute approximate surface area is 178 Å². The zero-order valence-electron chi connectivity index (χ0n) is 16.8. The molecule has 4 rings (SSSR count). The number of hydrogen-bond donors (Lipinski definition) is 1. The molecular weight excluding hydrogens is 403 g/mol. The first-order valence-electron chi connectivity index (χ1n) is 9.86. The van der Waals surface area contributed by atoms with E-state index < -0.39 is 5.97 Å². The average Bonchev–Trinajstić information content (AvgIpc) is 3.15. The third-order valence-corrected chi connectivity index (χ3v) is 6.11. The van der Waals surface area contributed by atoms with Gasteiger partial charge in [-0.1, -0.05) is 12.1 Å². The van der Waals surface area contributed by atoms with E-state index in [0.29, 0.717) is 25.2 Å². The highest BCUT2D eigenvalue weighted by atomic mass is 32.1. The van der Waals surface area contributed by atoms with E-state index in [1.54, 1.807) is 12.3 Å². The summed E-state index contributed by atoms with van der Waals surface area (Å²) >= 11 is 1.51. The molecule has 1 aliphatic rings. The van der Waals surface area contributed by atoms with Crippen molar-refractivity contribution in [2.45, 2.75) is 26.5 Å². The van der Waals surface area contributed by atoms with Gasteiger partial charge in [0, 0.05) is 37.0 Å². The van der Waals surface area contributed by atoms with Crippen molar-refractivity contribution in [2.75, 3.05) is 13.1 Å². The van der Waals surface area contributed by atoms with E-state index >= 15 is 0 Å². The Hall–Kier alpha value is -2.77. The van der Waals surface area contributed by atoms with Gasteiger partial charge < -0.3 is 9.84 Å². The lowest BCUT2D eigenvalue weighted by Crippen LogP contribution is -2.49. The molecular formula is C23H23FN2O3S. The van der Waals surface area contributed by atoms with Crippen molar-refractivity contribution in [1.29, 1.82) is 0 Å². The van der Waals surface area contributed by atoms with Gasteiger partial charge in [0.1, 0.15) is 16.6 Å². The van der Waals surface area contributed by atoms with Crippen LogP contribution in [0.1, 0.15) is 19.4 Å². The lowest BCUT2D eigenvalue weighted by atomic mass is 9.99. The summed E-state index contributed by atoms with van der Waals surface area (Å²) in [6.07, 6.45) is 1.93. The van der Waals surface area contributed by atoms with Crippen LogP contribution in [-0.2, 0) is 11.3 Å². The van der Waals surface area contributed by atoms with Crippen molar-refractivity contribution >= 4 is 17.3 Å². The number of hydrogen-bond acceptors (Lipinski definition) is 5. The molecule has 0 amide bonds. The SMILES string of the molecule is CC(C)Oc1ccc(-c2cnc(-c3ccc(CN4CC(C(=O)O)C4)c(F)c3)s2)cc1. The van der Waals surface area contributed by atoms with Crippen molar-refractivity contribution in [2.24, 2.45) is 5.92 Å². The molecule has 7 heteroatoms. The first-order valence-corrected chi connectivity index (χ1v) is 10.7. The molecule has 0 unspecified atom stereocenters. The number of thiazole rings is 1. The highest BCUT2D eigenvalue weighted by molar-refractivity contribution is 7.18. The molecule has 1 N–H and O–H groups in total. The largest absolute Gasteiger partial charge is 0.491 e. The van der Waals surface area contributed by atoms with Crippen molar-refractivity contribution in [3.05, 3.63) is 60.0 Å². The Morgan fingerprint density at radius 1 is 1.23 bits per heavy atom. The standard InChI is InChI=1S/C23H23FN2O3S/c1-14(2)29-19-7-5-15(6-8-19)21-10-25-22(30-21)16-3-4-17(20(24)9-16)11-26-12-18(13-26)23(27)28/h3-10,14,18H,11-13H2,1-2H3,(H,27,28). The Bertz CT molecular complexity index is 1040. The van der Waals surface area contributed by atoms with Crippen LogP contribution in [0.4, 0.5) is 4.39 Å². The maximum absolute atomic E-state index is 14.6. The summed E-state index contributed by atoms with van der Waals surface area (Å²) in [6, 6.07) is 13.0. The van der Waals surface area contributed by atoms with Gasteiger partial charge in [-0.2, -0.15) is 0 Å². The maximum atomic E-state index is 14.6. The van der Waals surface area contributed by atoms with Gasteiger partial charge in [-0.25, -0.2) is 9.37 Å². The summed E-state index contributed by atoms with van der Waals surface area (Å²) in [4.78, 5) is 18.3. The van der Waals surface area contributed by atoms with E-state index in [9.17, 15) is 9.18 Å². The average molecular weight is 427 g/mol. The van der Waals surface area contributed by atoms with Crippen molar-refractivity contribution in [3.8, 4) is 26.8 Å². The summed E-state index contributed by atoms with van der Waals surface area (Å²) in [5.74, 6) is -0.595. The van der Waals surface area contributed by atoms with Crippen LogP contribution in [0.3, 0.4) is 0 Å². The van der Waals surface area contributed by atoms with Gasteiger partial charge in [0.2, 0.25) is 0 Å². The van der Waals surface area contributed by atoms with Gasteiger partial charge in [0.15, 0.2) is 0 Å². The van der Waals surface area contributed by atoms with E-state index in [1.807, 2.05) is 49.1 Å². The number of ether oxygens (including phenoxy) is 1. The molecule has 0 saturated carbocycles. The molecule has 1 fully saturated rings. The third kappa shape index (κ3) is 4.52. The quantitative estimate of drug-likeness (QED) is 0.581. The lowest BCUT2D eigenvalue weighted by Gasteiger charge is -2.36. The zero-order valence-corrected chi connectivity index (χ0v) is 17.7. The molecule has 0 bridgehead atoms. The third-order valence-electron chi connectivity index (χ3n) is 5.02. The number of likely N-dealkylation sites (tertiary alicyclic amines) is 1. The van der Waals surface area contributed by atoms with Crippen LogP contribution in [0.5, 0.6) is 5.75 Å². The molecule has 1 aliphatic heterocycles. The Kier molecular flexibility index (Phi) is 5.83. The van der Waals surface area contributed by atoms with Crippen LogP contribution in [0.25, 0.3) is 21.0 Å². The second-order valence-electron chi connectivity index (χ2n) is 7.76. The summed E-state index contributed by atoms with van der Waals surface area (Å²) in [7, 11) is 0. The number of carbonyl (C=O) groups is 1. The second-order valence-corrected chi connectivity index (χ2v) is 8.79. The molecule has 30 heavy (non-hydrogen) atoms. The van der Waals surface area contributed by atoms with Crippen LogP contribution in [-0.4, -0.2) is 40.2 Å². The van der Waals surface area contributed by atoms with Gasteiger partial charge in [0.25, 0.3) is 0 Å².